The summed E-state index contributed by atoms with van der Waals surface area (Å²) < 4.78 is 16.6. The molecule has 1 atom stereocenters. The second-order valence-corrected chi connectivity index (χ2v) is 8.15. The van der Waals surface area contributed by atoms with E-state index in [1.807, 2.05) is 0 Å². The molecule has 4 rings (SSSR count). The van der Waals surface area contributed by atoms with Crippen LogP contribution in [0.25, 0.3) is 0 Å². The summed E-state index contributed by atoms with van der Waals surface area (Å²) >= 11 is 12.5. The third kappa shape index (κ3) is 4.72. The monoisotopic (exact) mass is 492 g/mol. The zero-order valence-electron chi connectivity index (χ0n) is 17.8. The molecule has 0 saturated heterocycles. The topological polar surface area (TPSA) is 94.6 Å². The Balaban J connectivity index is 1.62. The normalized spacial score (nSPS) is 14.4. The first-order valence-corrected chi connectivity index (χ1v) is 10.9. The third-order valence-corrected chi connectivity index (χ3v) is 5.69. The van der Waals surface area contributed by atoms with Crippen LogP contribution in [0.1, 0.15) is 27.4 Å². The zero-order valence-corrected chi connectivity index (χ0v) is 19.3. The Hall–Kier alpha value is -3.92. The first-order valence-electron chi connectivity index (χ1n) is 10.1. The second-order valence-electron chi connectivity index (χ2n) is 7.30. The van der Waals surface area contributed by atoms with Crippen LogP contribution in [0.2, 0.25) is 10.0 Å². The number of fused-ring (bicyclic) bond motifs is 1. The van der Waals surface area contributed by atoms with Crippen molar-refractivity contribution in [1.29, 1.82) is 5.26 Å². The highest BCUT2D eigenvalue weighted by Crippen LogP contribution is 2.45. The molecule has 1 aliphatic heterocycles. The highest BCUT2D eigenvalue weighted by atomic mass is 35.5. The first kappa shape index (κ1) is 23.2. The van der Waals surface area contributed by atoms with Gasteiger partial charge < -0.3 is 19.9 Å². The maximum atomic E-state index is 12.6. The van der Waals surface area contributed by atoms with E-state index >= 15 is 0 Å². The number of esters is 1. The lowest BCUT2D eigenvalue weighted by molar-refractivity contribution is 0.0734. The molecule has 1 aliphatic rings. The molecule has 0 bridgehead atoms. The molecule has 6 nitrogen and oxygen atoms in total. The molecule has 8 heteroatoms. The lowest BCUT2D eigenvalue weighted by Crippen LogP contribution is -2.21. The van der Waals surface area contributed by atoms with E-state index in [1.165, 1.54) is 0 Å². The van der Waals surface area contributed by atoms with Crippen molar-refractivity contribution in [2.24, 2.45) is 5.73 Å². The van der Waals surface area contributed by atoms with Crippen molar-refractivity contribution in [3.8, 4) is 23.3 Å². The largest absolute Gasteiger partial charge is 0.490 e. The van der Waals surface area contributed by atoms with E-state index in [4.69, 9.17) is 43.1 Å². The van der Waals surface area contributed by atoms with Crippen molar-refractivity contribution >= 4 is 29.2 Å². The van der Waals surface area contributed by atoms with Gasteiger partial charge in [-0.3, -0.25) is 0 Å². The molecule has 0 aromatic heterocycles. The van der Waals surface area contributed by atoms with E-state index < -0.39 is 11.9 Å². The Morgan fingerprint density at radius 2 is 1.79 bits per heavy atom. The van der Waals surface area contributed by atoms with E-state index in [2.05, 4.69) is 12.6 Å². The number of halogens is 2. The van der Waals surface area contributed by atoms with Gasteiger partial charge in [0, 0.05) is 21.7 Å². The number of nitriles is 1. The first-order chi connectivity index (χ1) is 16.4. The van der Waals surface area contributed by atoms with Gasteiger partial charge in [0.1, 0.15) is 35.5 Å². The fourth-order valence-corrected chi connectivity index (χ4v) is 4.08. The number of allylic oxidation sites excluding steroid dienone is 1. The lowest BCUT2D eigenvalue weighted by Gasteiger charge is -2.27. The van der Waals surface area contributed by atoms with Crippen LogP contribution in [0.15, 0.2) is 84.8 Å². The third-order valence-electron chi connectivity index (χ3n) is 5.13. The fraction of sp³-hybridized carbons (Fsp3) is 0.0769. The van der Waals surface area contributed by atoms with Gasteiger partial charge in [-0.2, -0.15) is 5.26 Å². The summed E-state index contributed by atoms with van der Waals surface area (Å²) in [6, 6.07) is 18.6. The van der Waals surface area contributed by atoms with Crippen LogP contribution in [0.4, 0.5) is 0 Å². The molecule has 0 amide bonds. The summed E-state index contributed by atoms with van der Waals surface area (Å²) in [5.41, 5.74) is 7.92. The number of carbonyl (C=O) groups is 1. The van der Waals surface area contributed by atoms with Crippen LogP contribution in [0, 0.1) is 11.3 Å². The van der Waals surface area contributed by atoms with Gasteiger partial charge in [-0.15, -0.1) is 0 Å². The lowest BCUT2D eigenvalue weighted by atomic mass is 9.83. The van der Waals surface area contributed by atoms with Gasteiger partial charge in [0.05, 0.1) is 11.5 Å². The molecule has 0 aliphatic carbocycles. The number of nitrogens with two attached hydrogens (primary N) is 1. The predicted molar refractivity (Wildman–Crippen MR) is 129 cm³/mol. The summed E-state index contributed by atoms with van der Waals surface area (Å²) in [5, 5.41) is 10.6. The van der Waals surface area contributed by atoms with Crippen LogP contribution in [0.3, 0.4) is 0 Å². The Labute approximate surface area is 206 Å². The number of nitrogens with zero attached hydrogens (tertiary/aromatic N) is 1. The molecule has 0 spiro atoms. The maximum absolute atomic E-state index is 12.6. The molecule has 0 radical (unpaired) electrons. The van der Waals surface area contributed by atoms with E-state index in [0.29, 0.717) is 44.8 Å². The van der Waals surface area contributed by atoms with Crippen molar-refractivity contribution < 1.29 is 19.0 Å². The molecule has 3 aromatic carbocycles. The van der Waals surface area contributed by atoms with Crippen molar-refractivity contribution in [1.82, 2.24) is 0 Å². The Bertz CT molecular complexity index is 1340. The average Bonchev–Trinajstić information content (AvgIpc) is 2.82. The van der Waals surface area contributed by atoms with Crippen LogP contribution in [-0.2, 0) is 0 Å². The van der Waals surface area contributed by atoms with Crippen molar-refractivity contribution in [3.05, 3.63) is 112 Å². The van der Waals surface area contributed by atoms with Gasteiger partial charge in [-0.1, -0.05) is 48.0 Å². The average molecular weight is 493 g/mol. The molecule has 1 unspecified atom stereocenters. The molecular formula is C26H18Cl2N2O4. The SMILES string of the molecule is C=CCOc1ccc(C(=O)Oc2ccc3c(c2)OC(N)=C(C#N)C3c2ccc(Cl)cc2Cl)cc1. The minimum absolute atomic E-state index is 0.0513. The maximum Gasteiger partial charge on any atom is 0.343 e. The number of ether oxygens (including phenoxy) is 3. The highest BCUT2D eigenvalue weighted by molar-refractivity contribution is 6.35. The summed E-state index contributed by atoms with van der Waals surface area (Å²) in [7, 11) is 0. The number of benzene rings is 3. The van der Waals surface area contributed by atoms with Gasteiger partial charge in [0.25, 0.3) is 0 Å². The molecule has 170 valence electrons. The molecule has 3 aromatic rings. The van der Waals surface area contributed by atoms with E-state index in [1.54, 1.807) is 66.7 Å². The van der Waals surface area contributed by atoms with Crippen LogP contribution in [0.5, 0.6) is 17.2 Å². The van der Waals surface area contributed by atoms with Crippen LogP contribution in [-0.4, -0.2) is 12.6 Å². The summed E-state index contributed by atoms with van der Waals surface area (Å²) in [6.07, 6.45) is 1.63. The molecule has 2 N–H and O–H groups in total. The van der Waals surface area contributed by atoms with Gasteiger partial charge in [0.15, 0.2) is 0 Å². The number of hydrogen-bond acceptors (Lipinski definition) is 6. The second kappa shape index (κ2) is 9.92. The quantitative estimate of drug-likeness (QED) is 0.257. The van der Waals surface area contributed by atoms with Crippen molar-refractivity contribution in [2.75, 3.05) is 6.61 Å². The molecule has 0 fully saturated rings. The van der Waals surface area contributed by atoms with Crippen molar-refractivity contribution in [2.45, 2.75) is 5.92 Å². The van der Waals surface area contributed by atoms with E-state index in [9.17, 15) is 10.1 Å². The molecule has 34 heavy (non-hydrogen) atoms. The van der Waals surface area contributed by atoms with Gasteiger partial charge in [0.2, 0.25) is 5.88 Å². The van der Waals surface area contributed by atoms with Crippen molar-refractivity contribution in [3.63, 3.8) is 0 Å². The van der Waals surface area contributed by atoms with Crippen LogP contribution >= 0.6 is 23.2 Å². The van der Waals surface area contributed by atoms with Gasteiger partial charge >= 0.3 is 5.97 Å². The molecular weight excluding hydrogens is 475 g/mol. The summed E-state index contributed by atoms with van der Waals surface area (Å²) in [5.74, 6) is 0.0533. The Morgan fingerprint density at radius 3 is 2.47 bits per heavy atom. The highest BCUT2D eigenvalue weighted by Gasteiger charge is 2.32. The Morgan fingerprint density at radius 1 is 1.09 bits per heavy atom. The minimum atomic E-state index is -0.564. The van der Waals surface area contributed by atoms with Gasteiger partial charge in [-0.05, 0) is 48.0 Å². The Kier molecular flexibility index (Phi) is 6.78. The smallest absolute Gasteiger partial charge is 0.343 e. The molecule has 1 heterocycles. The zero-order chi connectivity index (χ0) is 24.2. The van der Waals surface area contributed by atoms with E-state index in [-0.39, 0.29) is 17.2 Å². The molecule has 0 saturated carbocycles. The van der Waals surface area contributed by atoms with Gasteiger partial charge in [-0.25, -0.2) is 4.79 Å². The summed E-state index contributed by atoms with van der Waals surface area (Å²) in [6.45, 7) is 3.96. The number of carbonyl (C=O) groups excluding carboxylic acids is 1. The number of rotatable bonds is 6. The standard InChI is InChI=1S/C26H18Cl2N2O4/c1-2-11-32-17-6-3-15(4-7-17)26(31)33-18-8-10-20-23(13-18)34-25(30)21(14-29)24(20)19-9-5-16(27)12-22(19)28/h2-10,12-13,24H,1,11,30H2. The fourth-order valence-electron chi connectivity index (χ4n) is 3.56. The predicted octanol–water partition coefficient (Wildman–Crippen LogP) is 6.00. The number of hydrogen-bond donors (Lipinski definition) is 1. The van der Waals surface area contributed by atoms with E-state index in [0.717, 1.165) is 0 Å². The van der Waals surface area contributed by atoms with Crippen LogP contribution < -0.4 is 19.9 Å². The minimum Gasteiger partial charge on any atom is -0.490 e. The summed E-state index contributed by atoms with van der Waals surface area (Å²) in [4.78, 5) is 12.6.